The summed E-state index contributed by atoms with van der Waals surface area (Å²) in [5.41, 5.74) is 0.0859. The number of aryl methyl sites for hydroxylation is 2. The Labute approximate surface area is 121 Å². The zero-order valence-corrected chi connectivity index (χ0v) is 12.5. The number of imidazole rings is 1. The van der Waals surface area contributed by atoms with Crippen LogP contribution in [0.15, 0.2) is 9.59 Å². The average Bonchev–Trinajstić information content (AvgIpc) is 2.78. The number of hydrogen-bond acceptors (Lipinski definition) is 3. The number of hydrogen-bond donors (Lipinski definition) is 1. The minimum atomic E-state index is -0.404. The highest BCUT2D eigenvalue weighted by molar-refractivity contribution is 6.16. The first-order chi connectivity index (χ1) is 9.63. The molecule has 7 heteroatoms. The molecule has 0 spiro atoms. The van der Waals surface area contributed by atoms with Crippen LogP contribution in [0.5, 0.6) is 0 Å². The molecule has 0 aliphatic rings. The van der Waals surface area contributed by atoms with Crippen molar-refractivity contribution in [2.24, 2.45) is 0 Å². The summed E-state index contributed by atoms with van der Waals surface area (Å²) in [4.78, 5) is 30.8. The number of rotatable bonds is 6. The van der Waals surface area contributed by atoms with Gasteiger partial charge in [0.2, 0.25) is 0 Å². The van der Waals surface area contributed by atoms with Gasteiger partial charge in [0.25, 0.3) is 5.56 Å². The number of aromatic nitrogens is 4. The summed E-state index contributed by atoms with van der Waals surface area (Å²) in [6.07, 6.45) is 2.69. The number of halogens is 1. The van der Waals surface area contributed by atoms with E-state index in [-0.39, 0.29) is 5.88 Å². The predicted molar refractivity (Wildman–Crippen MR) is 79.4 cm³/mol. The molecule has 2 rings (SSSR count). The summed E-state index contributed by atoms with van der Waals surface area (Å²) >= 11 is 5.91. The van der Waals surface area contributed by atoms with E-state index in [1.165, 1.54) is 4.57 Å². The first-order valence-corrected chi connectivity index (χ1v) is 7.45. The SMILES string of the molecule is CCCCn1c(=O)[nH]c(=O)c2c1nc(CCl)n2CCC. The van der Waals surface area contributed by atoms with E-state index in [1.807, 2.05) is 18.4 Å². The van der Waals surface area contributed by atoms with E-state index in [2.05, 4.69) is 9.97 Å². The molecule has 0 amide bonds. The lowest BCUT2D eigenvalue weighted by molar-refractivity contribution is 0.612. The molecule has 0 saturated carbocycles. The molecular formula is C13H19ClN4O2. The van der Waals surface area contributed by atoms with Crippen LogP contribution in [0.2, 0.25) is 0 Å². The van der Waals surface area contributed by atoms with E-state index in [4.69, 9.17) is 11.6 Å². The number of fused-ring (bicyclic) bond motifs is 1. The Balaban J connectivity index is 2.75. The van der Waals surface area contributed by atoms with Gasteiger partial charge in [-0.15, -0.1) is 11.6 Å². The van der Waals surface area contributed by atoms with E-state index in [1.54, 1.807) is 0 Å². The molecule has 2 aromatic heterocycles. The Morgan fingerprint density at radius 2 is 1.90 bits per heavy atom. The first kappa shape index (κ1) is 14.8. The summed E-state index contributed by atoms with van der Waals surface area (Å²) in [7, 11) is 0. The predicted octanol–water partition coefficient (Wildman–Crippen LogP) is 1.84. The zero-order valence-electron chi connectivity index (χ0n) is 11.8. The fourth-order valence-corrected chi connectivity index (χ4v) is 2.51. The Kier molecular flexibility index (Phi) is 4.65. The largest absolute Gasteiger partial charge is 0.330 e. The summed E-state index contributed by atoms with van der Waals surface area (Å²) in [6, 6.07) is 0. The number of aromatic amines is 1. The highest BCUT2D eigenvalue weighted by atomic mass is 35.5. The lowest BCUT2D eigenvalue weighted by Gasteiger charge is -2.06. The molecule has 1 N–H and O–H groups in total. The van der Waals surface area contributed by atoms with E-state index in [9.17, 15) is 9.59 Å². The van der Waals surface area contributed by atoms with Gasteiger partial charge in [0, 0.05) is 13.1 Å². The molecule has 20 heavy (non-hydrogen) atoms. The van der Waals surface area contributed by atoms with Crippen molar-refractivity contribution in [3.63, 3.8) is 0 Å². The molecule has 2 aromatic rings. The van der Waals surface area contributed by atoms with Crippen molar-refractivity contribution in [3.05, 3.63) is 26.7 Å². The van der Waals surface area contributed by atoms with E-state index in [0.29, 0.717) is 30.1 Å². The minimum Gasteiger partial charge on any atom is -0.321 e. The van der Waals surface area contributed by atoms with Gasteiger partial charge in [-0.25, -0.2) is 9.78 Å². The third-order valence-corrected chi connectivity index (χ3v) is 3.51. The Bertz CT molecular complexity index is 713. The second kappa shape index (κ2) is 6.26. The van der Waals surface area contributed by atoms with Gasteiger partial charge in [-0.2, -0.15) is 0 Å². The highest BCUT2D eigenvalue weighted by Crippen LogP contribution is 2.14. The van der Waals surface area contributed by atoms with Gasteiger partial charge in [-0.05, 0) is 12.8 Å². The van der Waals surface area contributed by atoms with Crippen molar-refractivity contribution in [2.75, 3.05) is 0 Å². The lowest BCUT2D eigenvalue weighted by atomic mass is 10.3. The van der Waals surface area contributed by atoms with Crippen LogP contribution in [-0.4, -0.2) is 19.1 Å². The summed E-state index contributed by atoms with van der Waals surface area (Å²) < 4.78 is 3.34. The first-order valence-electron chi connectivity index (χ1n) is 6.92. The average molecular weight is 299 g/mol. The van der Waals surface area contributed by atoms with Crippen LogP contribution in [0.4, 0.5) is 0 Å². The molecular weight excluding hydrogens is 280 g/mol. The van der Waals surface area contributed by atoms with Crippen molar-refractivity contribution in [3.8, 4) is 0 Å². The van der Waals surface area contributed by atoms with Crippen LogP contribution < -0.4 is 11.2 Å². The number of alkyl halides is 1. The van der Waals surface area contributed by atoms with Gasteiger partial charge in [0.1, 0.15) is 5.82 Å². The van der Waals surface area contributed by atoms with Crippen LogP contribution >= 0.6 is 11.6 Å². The number of nitrogens with zero attached hydrogens (tertiary/aromatic N) is 3. The molecule has 2 heterocycles. The van der Waals surface area contributed by atoms with E-state index >= 15 is 0 Å². The Morgan fingerprint density at radius 3 is 2.50 bits per heavy atom. The standard InChI is InChI=1S/C13H19ClN4O2/c1-3-5-7-18-11-10(12(19)16-13(18)20)17(6-4-2)9(8-14)15-11/h3-8H2,1-2H3,(H,16,19,20). The highest BCUT2D eigenvalue weighted by Gasteiger charge is 2.17. The molecule has 0 atom stereocenters. The van der Waals surface area contributed by atoms with Crippen molar-refractivity contribution >= 4 is 22.8 Å². The summed E-state index contributed by atoms with van der Waals surface area (Å²) in [5, 5.41) is 0. The van der Waals surface area contributed by atoms with Crippen LogP contribution in [0.1, 0.15) is 38.9 Å². The van der Waals surface area contributed by atoms with E-state index in [0.717, 1.165) is 19.3 Å². The fourth-order valence-electron chi connectivity index (χ4n) is 2.31. The second-order valence-electron chi connectivity index (χ2n) is 4.75. The topological polar surface area (TPSA) is 72.7 Å². The zero-order chi connectivity index (χ0) is 14.7. The van der Waals surface area contributed by atoms with Crippen molar-refractivity contribution in [1.29, 1.82) is 0 Å². The quantitative estimate of drug-likeness (QED) is 0.827. The number of unbranched alkanes of at least 4 members (excludes halogenated alkanes) is 1. The molecule has 6 nitrogen and oxygen atoms in total. The maximum Gasteiger partial charge on any atom is 0.330 e. The van der Waals surface area contributed by atoms with Crippen LogP contribution in [0.25, 0.3) is 11.2 Å². The van der Waals surface area contributed by atoms with Crippen molar-refractivity contribution < 1.29 is 0 Å². The molecule has 0 bridgehead atoms. The fraction of sp³-hybridized carbons (Fsp3) is 0.615. The van der Waals surface area contributed by atoms with Crippen LogP contribution in [0.3, 0.4) is 0 Å². The minimum absolute atomic E-state index is 0.218. The summed E-state index contributed by atoms with van der Waals surface area (Å²) in [6.45, 7) is 5.28. The molecule has 0 fully saturated rings. The van der Waals surface area contributed by atoms with Gasteiger partial charge in [-0.3, -0.25) is 14.3 Å². The molecule has 0 radical (unpaired) electrons. The van der Waals surface area contributed by atoms with Gasteiger partial charge in [0.15, 0.2) is 11.2 Å². The van der Waals surface area contributed by atoms with Gasteiger partial charge in [-0.1, -0.05) is 20.3 Å². The normalized spacial score (nSPS) is 11.3. The van der Waals surface area contributed by atoms with Crippen LogP contribution in [0, 0.1) is 0 Å². The molecule has 110 valence electrons. The van der Waals surface area contributed by atoms with Crippen molar-refractivity contribution in [1.82, 2.24) is 19.1 Å². The van der Waals surface area contributed by atoms with E-state index < -0.39 is 11.2 Å². The molecule has 0 aromatic carbocycles. The summed E-state index contributed by atoms with van der Waals surface area (Å²) in [5.74, 6) is 0.848. The van der Waals surface area contributed by atoms with Crippen LogP contribution in [-0.2, 0) is 19.0 Å². The maximum absolute atomic E-state index is 12.1. The third-order valence-electron chi connectivity index (χ3n) is 3.27. The van der Waals surface area contributed by atoms with Gasteiger partial charge < -0.3 is 4.57 Å². The molecule has 0 unspecified atom stereocenters. The number of nitrogens with one attached hydrogen (secondary N) is 1. The van der Waals surface area contributed by atoms with Gasteiger partial charge >= 0.3 is 5.69 Å². The molecule has 0 aliphatic heterocycles. The Morgan fingerprint density at radius 1 is 1.15 bits per heavy atom. The lowest BCUT2D eigenvalue weighted by Crippen LogP contribution is -2.31. The smallest absolute Gasteiger partial charge is 0.321 e. The molecule has 0 saturated heterocycles. The Hall–Kier alpha value is -1.56. The second-order valence-corrected chi connectivity index (χ2v) is 5.02. The number of H-pyrrole nitrogens is 1. The molecule has 0 aliphatic carbocycles. The monoisotopic (exact) mass is 298 g/mol. The third kappa shape index (κ3) is 2.52. The maximum atomic E-state index is 12.1. The van der Waals surface area contributed by atoms with Gasteiger partial charge in [0.05, 0.1) is 5.88 Å². The van der Waals surface area contributed by atoms with Crippen molar-refractivity contribution in [2.45, 2.75) is 52.1 Å².